The molecule has 24 heavy (non-hydrogen) atoms. The Kier molecular flexibility index (Phi) is 6.44. The molecule has 1 aromatic carbocycles. The average molecular weight is 414 g/mol. The summed E-state index contributed by atoms with van der Waals surface area (Å²) in [6.45, 7) is 0.396. The molecule has 0 saturated carbocycles. The minimum atomic E-state index is -3.72. The summed E-state index contributed by atoms with van der Waals surface area (Å²) in [6, 6.07) is 9.33. The number of benzene rings is 1. The van der Waals surface area contributed by atoms with E-state index >= 15 is 0 Å². The summed E-state index contributed by atoms with van der Waals surface area (Å²) in [5.41, 5.74) is 0.190. The molecule has 2 rings (SSSR count). The fraction of sp³-hybridized carbons (Fsp3) is 0.200. The standard InChI is InChI=1S/C15H16BrN3O4S/c1-23-9-8-18-24(21,22)11-5-6-13(16)12(10-11)15(20)19-14-4-2-3-7-17-14/h2-7,10,18H,8-9H2,1H3,(H,17,19,20). The van der Waals surface area contributed by atoms with Gasteiger partial charge in [-0.3, -0.25) is 4.79 Å². The molecule has 0 bridgehead atoms. The van der Waals surface area contributed by atoms with E-state index in [1.165, 1.54) is 25.3 Å². The van der Waals surface area contributed by atoms with Gasteiger partial charge in [0, 0.05) is 24.3 Å². The normalized spacial score (nSPS) is 11.2. The minimum Gasteiger partial charge on any atom is -0.383 e. The summed E-state index contributed by atoms with van der Waals surface area (Å²) in [5, 5.41) is 2.61. The Balaban J connectivity index is 2.23. The fourth-order valence-corrected chi connectivity index (χ4v) is 3.29. The topological polar surface area (TPSA) is 97.4 Å². The van der Waals surface area contributed by atoms with Crippen molar-refractivity contribution < 1.29 is 17.9 Å². The molecule has 2 N–H and O–H groups in total. The Morgan fingerprint density at radius 1 is 1.29 bits per heavy atom. The molecule has 0 unspecified atom stereocenters. The lowest BCUT2D eigenvalue weighted by atomic mass is 10.2. The molecule has 1 heterocycles. The van der Waals surface area contributed by atoms with Crippen molar-refractivity contribution in [2.75, 3.05) is 25.6 Å². The molecular formula is C15H16BrN3O4S. The van der Waals surface area contributed by atoms with E-state index in [1.807, 2.05) is 0 Å². The van der Waals surface area contributed by atoms with Gasteiger partial charge in [-0.2, -0.15) is 0 Å². The average Bonchev–Trinajstić information content (AvgIpc) is 2.56. The van der Waals surface area contributed by atoms with Gasteiger partial charge < -0.3 is 10.1 Å². The number of methoxy groups -OCH3 is 1. The summed E-state index contributed by atoms with van der Waals surface area (Å²) < 4.78 is 32.1. The predicted octanol–water partition coefficient (Wildman–Crippen LogP) is 2.02. The number of halogens is 1. The molecule has 0 fully saturated rings. The maximum absolute atomic E-state index is 12.4. The van der Waals surface area contributed by atoms with Gasteiger partial charge >= 0.3 is 0 Å². The number of sulfonamides is 1. The van der Waals surface area contributed by atoms with Crippen LogP contribution in [0.1, 0.15) is 10.4 Å². The van der Waals surface area contributed by atoms with Gasteiger partial charge in [0.25, 0.3) is 5.91 Å². The summed E-state index contributed by atoms with van der Waals surface area (Å²) in [6.07, 6.45) is 1.55. The highest BCUT2D eigenvalue weighted by Gasteiger charge is 2.18. The summed E-state index contributed by atoms with van der Waals surface area (Å²) >= 11 is 3.26. The first-order chi connectivity index (χ1) is 11.4. The van der Waals surface area contributed by atoms with Crippen molar-refractivity contribution in [2.24, 2.45) is 0 Å². The van der Waals surface area contributed by atoms with Crippen LogP contribution >= 0.6 is 15.9 Å². The lowest BCUT2D eigenvalue weighted by molar-refractivity contribution is 0.102. The van der Waals surface area contributed by atoms with E-state index in [1.54, 1.807) is 24.4 Å². The van der Waals surface area contributed by atoms with Gasteiger partial charge in [0.05, 0.1) is 17.1 Å². The Labute approximate surface area is 148 Å². The van der Waals surface area contributed by atoms with Crippen molar-refractivity contribution in [1.29, 1.82) is 0 Å². The molecule has 0 saturated heterocycles. The van der Waals surface area contributed by atoms with Crippen molar-refractivity contribution in [2.45, 2.75) is 4.90 Å². The van der Waals surface area contributed by atoms with Crippen LogP contribution in [0.2, 0.25) is 0 Å². The number of aromatic nitrogens is 1. The highest BCUT2D eigenvalue weighted by Crippen LogP contribution is 2.22. The Morgan fingerprint density at radius 3 is 2.75 bits per heavy atom. The smallest absolute Gasteiger partial charge is 0.258 e. The van der Waals surface area contributed by atoms with E-state index in [4.69, 9.17) is 4.74 Å². The number of pyridine rings is 1. The van der Waals surface area contributed by atoms with Gasteiger partial charge in [0.1, 0.15) is 5.82 Å². The summed E-state index contributed by atoms with van der Waals surface area (Å²) in [4.78, 5) is 16.4. The van der Waals surface area contributed by atoms with E-state index < -0.39 is 15.9 Å². The molecule has 9 heteroatoms. The number of ether oxygens (including phenoxy) is 1. The maximum Gasteiger partial charge on any atom is 0.258 e. The van der Waals surface area contributed by atoms with Crippen molar-refractivity contribution in [3.63, 3.8) is 0 Å². The molecule has 0 spiro atoms. The van der Waals surface area contributed by atoms with Crippen molar-refractivity contribution >= 4 is 37.7 Å². The molecule has 0 aliphatic rings. The van der Waals surface area contributed by atoms with Crippen molar-refractivity contribution in [3.05, 3.63) is 52.6 Å². The Hall–Kier alpha value is -1.81. The van der Waals surface area contributed by atoms with Crippen LogP contribution in [0.25, 0.3) is 0 Å². The number of hydrogen-bond acceptors (Lipinski definition) is 5. The van der Waals surface area contributed by atoms with Gasteiger partial charge in [0.2, 0.25) is 10.0 Å². The van der Waals surface area contributed by atoms with E-state index in [9.17, 15) is 13.2 Å². The number of carbonyl (C=O) groups excluding carboxylic acids is 1. The van der Waals surface area contributed by atoms with E-state index in [-0.39, 0.29) is 23.6 Å². The molecule has 128 valence electrons. The van der Waals surface area contributed by atoms with Crippen LogP contribution in [0.5, 0.6) is 0 Å². The van der Waals surface area contributed by atoms with Crippen LogP contribution in [0, 0.1) is 0 Å². The van der Waals surface area contributed by atoms with Gasteiger partial charge in [0.15, 0.2) is 0 Å². The first-order valence-electron chi connectivity index (χ1n) is 6.94. The van der Waals surface area contributed by atoms with E-state index in [0.717, 1.165) is 0 Å². The fourth-order valence-electron chi connectivity index (χ4n) is 1.83. The second-order valence-electron chi connectivity index (χ2n) is 4.70. The van der Waals surface area contributed by atoms with Crippen molar-refractivity contribution in [1.82, 2.24) is 9.71 Å². The highest BCUT2D eigenvalue weighted by atomic mass is 79.9. The third kappa shape index (κ3) is 4.84. The predicted molar refractivity (Wildman–Crippen MR) is 93.4 cm³/mol. The zero-order valence-electron chi connectivity index (χ0n) is 12.8. The first kappa shape index (κ1) is 18.5. The van der Waals surface area contributed by atoms with Crippen LogP contribution in [-0.2, 0) is 14.8 Å². The number of nitrogens with zero attached hydrogens (tertiary/aromatic N) is 1. The Bertz CT molecular complexity index is 813. The van der Waals surface area contributed by atoms with Gasteiger partial charge in [-0.05, 0) is 46.3 Å². The van der Waals surface area contributed by atoms with Crippen LogP contribution < -0.4 is 10.0 Å². The molecule has 1 amide bonds. The number of anilines is 1. The highest BCUT2D eigenvalue weighted by molar-refractivity contribution is 9.10. The SMILES string of the molecule is COCCNS(=O)(=O)c1ccc(Br)c(C(=O)Nc2ccccn2)c1. The minimum absolute atomic E-state index is 0.00651. The van der Waals surface area contributed by atoms with Crippen LogP contribution in [0.15, 0.2) is 52.0 Å². The second-order valence-corrected chi connectivity index (χ2v) is 7.32. The van der Waals surface area contributed by atoms with Crippen molar-refractivity contribution in [3.8, 4) is 0 Å². The van der Waals surface area contributed by atoms with E-state index in [0.29, 0.717) is 10.3 Å². The molecule has 0 aliphatic carbocycles. The molecule has 2 aromatic rings. The summed E-state index contributed by atoms with van der Waals surface area (Å²) in [7, 11) is -2.24. The first-order valence-corrected chi connectivity index (χ1v) is 9.22. The van der Waals surface area contributed by atoms with Crippen LogP contribution in [0.3, 0.4) is 0 Å². The third-order valence-electron chi connectivity index (χ3n) is 3.00. The number of nitrogens with one attached hydrogen (secondary N) is 2. The number of rotatable bonds is 7. The summed E-state index contributed by atoms with van der Waals surface area (Å²) in [5.74, 6) is -0.0876. The van der Waals surface area contributed by atoms with Gasteiger partial charge in [-0.1, -0.05) is 6.07 Å². The lowest BCUT2D eigenvalue weighted by Crippen LogP contribution is -2.27. The zero-order valence-corrected chi connectivity index (χ0v) is 15.2. The molecular weight excluding hydrogens is 398 g/mol. The molecule has 0 radical (unpaired) electrons. The largest absolute Gasteiger partial charge is 0.383 e. The van der Waals surface area contributed by atoms with E-state index in [2.05, 4.69) is 31.0 Å². The second kappa shape index (κ2) is 8.34. The molecule has 0 aliphatic heterocycles. The van der Waals surface area contributed by atoms with Crippen LogP contribution in [0.4, 0.5) is 5.82 Å². The van der Waals surface area contributed by atoms with Crippen LogP contribution in [-0.4, -0.2) is 39.6 Å². The molecule has 0 atom stereocenters. The van der Waals surface area contributed by atoms with Gasteiger partial charge in [-0.25, -0.2) is 18.1 Å². The monoisotopic (exact) mass is 413 g/mol. The third-order valence-corrected chi connectivity index (χ3v) is 5.15. The van der Waals surface area contributed by atoms with Gasteiger partial charge in [-0.15, -0.1) is 0 Å². The zero-order chi connectivity index (χ0) is 17.6. The quantitative estimate of drug-likeness (QED) is 0.676. The lowest BCUT2D eigenvalue weighted by Gasteiger charge is -2.10. The number of hydrogen-bond donors (Lipinski definition) is 2. The Morgan fingerprint density at radius 2 is 2.08 bits per heavy atom. The number of amides is 1. The number of carbonyl (C=O) groups is 1. The molecule has 1 aromatic heterocycles. The molecule has 7 nitrogen and oxygen atoms in total. The maximum atomic E-state index is 12.4.